The van der Waals surface area contributed by atoms with Crippen LogP contribution in [-0.2, 0) is 27.4 Å². The molecule has 0 aliphatic carbocycles. The first-order chi connectivity index (χ1) is 15.4. The lowest BCUT2D eigenvalue weighted by molar-refractivity contribution is -0.127. The molecule has 7 nitrogen and oxygen atoms in total. The van der Waals surface area contributed by atoms with E-state index in [-0.39, 0.29) is 25.4 Å². The van der Waals surface area contributed by atoms with E-state index in [0.29, 0.717) is 35.0 Å². The van der Waals surface area contributed by atoms with Crippen molar-refractivity contribution in [3.8, 4) is 0 Å². The van der Waals surface area contributed by atoms with E-state index in [4.69, 9.17) is 33.7 Å². The number of amides is 3. The Morgan fingerprint density at radius 1 is 0.938 bits per heavy atom. The summed E-state index contributed by atoms with van der Waals surface area (Å²) in [5.74, 6) is -0.945. The van der Waals surface area contributed by atoms with Crippen molar-refractivity contribution in [2.24, 2.45) is 5.73 Å². The first-order valence-electron chi connectivity index (χ1n) is 10.3. The second-order valence-electron chi connectivity index (χ2n) is 7.23. The monoisotopic (exact) mass is 479 g/mol. The average Bonchev–Trinajstić information content (AvgIpc) is 2.77. The first-order valence-corrected chi connectivity index (χ1v) is 11.1. The van der Waals surface area contributed by atoms with Crippen LogP contribution in [0.5, 0.6) is 0 Å². The third-order valence-electron chi connectivity index (χ3n) is 4.71. The summed E-state index contributed by atoms with van der Waals surface area (Å²) in [5, 5.41) is 6.14. The highest BCUT2D eigenvalue weighted by Crippen LogP contribution is 2.25. The minimum Gasteiger partial charge on any atom is -0.445 e. The van der Waals surface area contributed by atoms with Gasteiger partial charge in [0.15, 0.2) is 0 Å². The van der Waals surface area contributed by atoms with E-state index in [2.05, 4.69) is 10.6 Å². The highest BCUT2D eigenvalue weighted by atomic mass is 35.5. The van der Waals surface area contributed by atoms with E-state index in [0.717, 1.165) is 12.0 Å². The summed E-state index contributed by atoms with van der Waals surface area (Å²) in [4.78, 5) is 35.6. The Bertz CT molecular complexity index is 889. The number of primary amides is 1. The number of nitrogens with two attached hydrogens (primary N) is 1. The lowest BCUT2D eigenvalue weighted by Crippen LogP contribution is -2.45. The summed E-state index contributed by atoms with van der Waals surface area (Å²) in [6, 6.07) is 13.5. The Balaban J connectivity index is 1.62. The molecule has 32 heavy (non-hydrogen) atoms. The molecule has 4 N–H and O–H groups in total. The Kier molecular flexibility index (Phi) is 10.8. The van der Waals surface area contributed by atoms with E-state index < -0.39 is 18.0 Å². The van der Waals surface area contributed by atoms with Crippen molar-refractivity contribution in [2.75, 3.05) is 6.54 Å². The van der Waals surface area contributed by atoms with Crippen LogP contribution in [0.25, 0.3) is 0 Å². The van der Waals surface area contributed by atoms with Gasteiger partial charge >= 0.3 is 6.09 Å². The molecule has 9 heteroatoms. The van der Waals surface area contributed by atoms with Crippen molar-refractivity contribution in [1.29, 1.82) is 0 Å². The standard InChI is InChI=1S/C23H27Cl2N3O4/c24-18-10-7-11-19(25)17(18)14-20(22(26)30)28-21(29)12-5-2-6-13-27-23(31)32-15-16-8-3-1-4-9-16/h1,3-4,7-11,20H,2,5-6,12-15H2,(H2,26,30)(H,27,31)(H,28,29)/t20-/m1/s1. The lowest BCUT2D eigenvalue weighted by atomic mass is 10.0. The fourth-order valence-electron chi connectivity index (χ4n) is 2.97. The zero-order valence-electron chi connectivity index (χ0n) is 17.6. The third-order valence-corrected chi connectivity index (χ3v) is 5.42. The molecule has 2 aromatic carbocycles. The largest absolute Gasteiger partial charge is 0.445 e. The number of alkyl carbamates (subject to hydrolysis) is 1. The van der Waals surface area contributed by atoms with Gasteiger partial charge in [-0.1, -0.05) is 66.0 Å². The van der Waals surface area contributed by atoms with Gasteiger partial charge in [0.25, 0.3) is 0 Å². The molecule has 0 aromatic heterocycles. The van der Waals surface area contributed by atoms with Gasteiger partial charge in [0.2, 0.25) is 11.8 Å². The van der Waals surface area contributed by atoms with E-state index in [9.17, 15) is 14.4 Å². The predicted octanol–water partition coefficient (Wildman–Crippen LogP) is 3.99. The van der Waals surface area contributed by atoms with Crippen molar-refractivity contribution in [2.45, 2.75) is 44.8 Å². The molecule has 0 saturated heterocycles. The molecule has 3 amide bonds. The van der Waals surface area contributed by atoms with Crippen LogP contribution in [0.2, 0.25) is 10.0 Å². The van der Waals surface area contributed by atoms with Gasteiger partial charge in [-0.2, -0.15) is 0 Å². The van der Waals surface area contributed by atoms with Crippen molar-refractivity contribution < 1.29 is 19.1 Å². The number of ether oxygens (including phenoxy) is 1. The predicted molar refractivity (Wildman–Crippen MR) is 124 cm³/mol. The summed E-state index contributed by atoms with van der Waals surface area (Å²) in [6.45, 7) is 0.664. The van der Waals surface area contributed by atoms with Gasteiger partial charge in [-0.3, -0.25) is 9.59 Å². The van der Waals surface area contributed by atoms with Crippen molar-refractivity contribution in [3.05, 3.63) is 69.7 Å². The van der Waals surface area contributed by atoms with Crippen LogP contribution in [0.1, 0.15) is 36.8 Å². The molecule has 0 aliphatic heterocycles. The van der Waals surface area contributed by atoms with Crippen LogP contribution in [0.4, 0.5) is 4.79 Å². The second kappa shape index (κ2) is 13.6. The molecule has 0 saturated carbocycles. The fourth-order valence-corrected chi connectivity index (χ4v) is 3.52. The maximum atomic E-state index is 12.2. The number of carbonyl (C=O) groups is 3. The quantitative estimate of drug-likeness (QED) is 0.399. The third kappa shape index (κ3) is 9.16. The summed E-state index contributed by atoms with van der Waals surface area (Å²) in [6.07, 6.45) is 1.90. The van der Waals surface area contributed by atoms with E-state index >= 15 is 0 Å². The Labute approximate surface area is 197 Å². The zero-order valence-corrected chi connectivity index (χ0v) is 19.1. The number of unbranched alkanes of at least 4 members (excludes halogenated alkanes) is 2. The molecule has 0 spiro atoms. The number of hydrogen-bond acceptors (Lipinski definition) is 4. The zero-order chi connectivity index (χ0) is 23.3. The molecular weight excluding hydrogens is 453 g/mol. The Morgan fingerprint density at radius 2 is 1.62 bits per heavy atom. The van der Waals surface area contributed by atoms with Gasteiger partial charge in [0.05, 0.1) is 0 Å². The molecule has 0 aliphatic rings. The molecule has 2 rings (SSSR count). The lowest BCUT2D eigenvalue weighted by Gasteiger charge is -2.17. The molecule has 0 heterocycles. The topological polar surface area (TPSA) is 111 Å². The van der Waals surface area contributed by atoms with Gasteiger partial charge in [-0.15, -0.1) is 0 Å². The molecule has 2 aromatic rings. The van der Waals surface area contributed by atoms with Crippen LogP contribution in [-0.4, -0.2) is 30.5 Å². The highest BCUT2D eigenvalue weighted by molar-refractivity contribution is 6.36. The molecule has 172 valence electrons. The molecule has 0 bridgehead atoms. The second-order valence-corrected chi connectivity index (χ2v) is 8.04. The van der Waals surface area contributed by atoms with Crippen molar-refractivity contribution >= 4 is 41.1 Å². The Hall–Kier alpha value is -2.77. The minimum absolute atomic E-state index is 0.120. The van der Waals surface area contributed by atoms with Crippen LogP contribution in [0.15, 0.2) is 48.5 Å². The number of benzene rings is 2. The van der Waals surface area contributed by atoms with Crippen molar-refractivity contribution in [1.82, 2.24) is 10.6 Å². The summed E-state index contributed by atoms with van der Waals surface area (Å²) in [5.41, 5.74) is 6.90. The smallest absolute Gasteiger partial charge is 0.407 e. The number of carbonyl (C=O) groups excluding carboxylic acids is 3. The van der Waals surface area contributed by atoms with Gasteiger partial charge < -0.3 is 21.1 Å². The van der Waals surface area contributed by atoms with E-state index in [1.807, 2.05) is 30.3 Å². The summed E-state index contributed by atoms with van der Waals surface area (Å²) >= 11 is 12.3. The maximum absolute atomic E-state index is 12.2. The highest BCUT2D eigenvalue weighted by Gasteiger charge is 2.21. The van der Waals surface area contributed by atoms with Crippen molar-refractivity contribution in [3.63, 3.8) is 0 Å². The van der Waals surface area contributed by atoms with Crippen LogP contribution < -0.4 is 16.4 Å². The van der Waals surface area contributed by atoms with Gasteiger partial charge in [-0.05, 0) is 36.1 Å². The molecule has 0 unspecified atom stereocenters. The number of rotatable bonds is 12. The van der Waals surface area contributed by atoms with Gasteiger partial charge in [-0.25, -0.2) is 4.79 Å². The number of hydrogen-bond donors (Lipinski definition) is 3. The number of nitrogens with one attached hydrogen (secondary N) is 2. The molecular formula is C23H27Cl2N3O4. The minimum atomic E-state index is -0.902. The summed E-state index contributed by atoms with van der Waals surface area (Å²) in [7, 11) is 0. The van der Waals surface area contributed by atoms with Gasteiger partial charge in [0, 0.05) is 29.4 Å². The Morgan fingerprint density at radius 3 is 2.28 bits per heavy atom. The fraction of sp³-hybridized carbons (Fsp3) is 0.348. The molecule has 0 fully saturated rings. The van der Waals surface area contributed by atoms with Gasteiger partial charge in [0.1, 0.15) is 12.6 Å². The SMILES string of the molecule is NC(=O)[C@@H](Cc1c(Cl)cccc1Cl)NC(=O)CCCCCNC(=O)OCc1ccccc1. The van der Waals surface area contributed by atoms with E-state index in [1.165, 1.54) is 0 Å². The molecule has 1 atom stereocenters. The average molecular weight is 480 g/mol. The summed E-state index contributed by atoms with van der Waals surface area (Å²) < 4.78 is 5.13. The van der Waals surface area contributed by atoms with Crippen LogP contribution in [0, 0.1) is 0 Å². The van der Waals surface area contributed by atoms with Crippen LogP contribution in [0.3, 0.4) is 0 Å². The van der Waals surface area contributed by atoms with E-state index in [1.54, 1.807) is 18.2 Å². The van der Waals surface area contributed by atoms with Crippen LogP contribution >= 0.6 is 23.2 Å². The molecule has 0 radical (unpaired) electrons. The first kappa shape index (κ1) is 25.5. The number of halogens is 2. The normalized spacial score (nSPS) is 11.4. The maximum Gasteiger partial charge on any atom is 0.407 e.